The summed E-state index contributed by atoms with van der Waals surface area (Å²) in [6.07, 6.45) is 3.39. The Morgan fingerprint density at radius 2 is 2.47 bits per heavy atom. The molecule has 1 saturated heterocycles. The SMILES string of the molecule is Cn1nccc1CCN1CCC(N)C1=O. The van der Waals surface area contributed by atoms with Gasteiger partial charge in [-0.15, -0.1) is 0 Å². The third-order valence-electron chi connectivity index (χ3n) is 2.90. The van der Waals surface area contributed by atoms with Gasteiger partial charge in [0, 0.05) is 38.4 Å². The van der Waals surface area contributed by atoms with Crippen LogP contribution in [0.5, 0.6) is 0 Å². The first-order valence-electron chi connectivity index (χ1n) is 5.20. The molecule has 1 atom stereocenters. The van der Waals surface area contributed by atoms with Crippen LogP contribution in [0, 0.1) is 0 Å². The van der Waals surface area contributed by atoms with Crippen LogP contribution in [-0.4, -0.2) is 39.7 Å². The molecule has 1 unspecified atom stereocenters. The van der Waals surface area contributed by atoms with Crippen LogP contribution in [0.15, 0.2) is 12.3 Å². The molecule has 1 amide bonds. The standard InChI is InChI=1S/C10H16N4O/c1-13-8(2-5-12-13)3-6-14-7-4-9(11)10(14)15/h2,5,9H,3-4,6-7,11H2,1H3. The Morgan fingerprint density at radius 1 is 1.67 bits per heavy atom. The minimum absolute atomic E-state index is 0.0807. The van der Waals surface area contributed by atoms with E-state index in [1.165, 1.54) is 0 Å². The van der Waals surface area contributed by atoms with E-state index in [0.717, 1.165) is 31.6 Å². The van der Waals surface area contributed by atoms with Gasteiger partial charge in [-0.25, -0.2) is 0 Å². The number of likely N-dealkylation sites (tertiary alicyclic amines) is 1. The molecule has 0 spiro atoms. The van der Waals surface area contributed by atoms with Gasteiger partial charge in [0.2, 0.25) is 5.91 Å². The number of nitrogens with two attached hydrogens (primary N) is 1. The molecule has 2 rings (SSSR count). The Bertz CT molecular complexity index is 360. The van der Waals surface area contributed by atoms with E-state index >= 15 is 0 Å². The van der Waals surface area contributed by atoms with Gasteiger partial charge in [0.25, 0.3) is 0 Å². The van der Waals surface area contributed by atoms with Gasteiger partial charge in [-0.2, -0.15) is 5.10 Å². The molecule has 2 N–H and O–H groups in total. The number of carbonyl (C=O) groups is 1. The van der Waals surface area contributed by atoms with Crippen molar-refractivity contribution in [2.24, 2.45) is 12.8 Å². The topological polar surface area (TPSA) is 64.2 Å². The minimum Gasteiger partial charge on any atom is -0.341 e. The largest absolute Gasteiger partial charge is 0.341 e. The molecule has 82 valence electrons. The summed E-state index contributed by atoms with van der Waals surface area (Å²) >= 11 is 0. The third kappa shape index (κ3) is 2.02. The Morgan fingerprint density at radius 3 is 3.00 bits per heavy atom. The summed E-state index contributed by atoms with van der Waals surface area (Å²) in [5.74, 6) is 0.0807. The van der Waals surface area contributed by atoms with E-state index < -0.39 is 0 Å². The zero-order valence-electron chi connectivity index (χ0n) is 8.89. The van der Waals surface area contributed by atoms with Crippen LogP contribution in [0.2, 0.25) is 0 Å². The molecule has 1 aromatic heterocycles. The van der Waals surface area contributed by atoms with E-state index in [-0.39, 0.29) is 11.9 Å². The molecule has 0 bridgehead atoms. The van der Waals surface area contributed by atoms with Crippen LogP contribution >= 0.6 is 0 Å². The number of hydrogen-bond acceptors (Lipinski definition) is 3. The minimum atomic E-state index is -0.281. The van der Waals surface area contributed by atoms with Crippen LogP contribution in [0.4, 0.5) is 0 Å². The molecule has 1 aromatic rings. The second kappa shape index (κ2) is 4.02. The number of aryl methyl sites for hydroxylation is 1. The molecule has 0 aromatic carbocycles. The Balaban J connectivity index is 1.89. The Kier molecular flexibility index (Phi) is 2.73. The molecule has 15 heavy (non-hydrogen) atoms. The van der Waals surface area contributed by atoms with E-state index in [1.54, 1.807) is 6.20 Å². The number of aromatic nitrogens is 2. The summed E-state index contributed by atoms with van der Waals surface area (Å²) in [5, 5.41) is 4.08. The van der Waals surface area contributed by atoms with Gasteiger partial charge in [-0.05, 0) is 12.5 Å². The van der Waals surface area contributed by atoms with E-state index in [9.17, 15) is 4.79 Å². The summed E-state index contributed by atoms with van der Waals surface area (Å²) < 4.78 is 1.83. The zero-order valence-corrected chi connectivity index (χ0v) is 8.89. The van der Waals surface area contributed by atoms with Crippen molar-refractivity contribution in [3.05, 3.63) is 18.0 Å². The lowest BCUT2D eigenvalue weighted by molar-refractivity contribution is -0.128. The molecular weight excluding hydrogens is 192 g/mol. The summed E-state index contributed by atoms with van der Waals surface area (Å²) in [4.78, 5) is 13.4. The molecule has 5 nitrogen and oxygen atoms in total. The lowest BCUT2D eigenvalue weighted by atomic mass is 10.3. The molecule has 0 radical (unpaired) electrons. The highest BCUT2D eigenvalue weighted by Crippen LogP contribution is 2.10. The molecule has 2 heterocycles. The van der Waals surface area contributed by atoms with Crippen LogP contribution < -0.4 is 5.73 Å². The maximum atomic E-state index is 11.5. The van der Waals surface area contributed by atoms with Crippen molar-refractivity contribution < 1.29 is 4.79 Å². The normalized spacial score (nSPS) is 21.3. The molecule has 5 heteroatoms. The number of rotatable bonds is 3. The van der Waals surface area contributed by atoms with Crippen LogP contribution in [0.25, 0.3) is 0 Å². The molecule has 1 fully saturated rings. The van der Waals surface area contributed by atoms with Gasteiger partial charge in [-0.1, -0.05) is 0 Å². The van der Waals surface area contributed by atoms with Crippen molar-refractivity contribution in [3.8, 4) is 0 Å². The first kappa shape index (κ1) is 10.2. The summed E-state index contributed by atoms with van der Waals surface area (Å²) in [5.41, 5.74) is 6.78. The highest BCUT2D eigenvalue weighted by molar-refractivity contribution is 5.83. The lowest BCUT2D eigenvalue weighted by Crippen LogP contribution is -2.35. The molecule has 0 saturated carbocycles. The maximum absolute atomic E-state index is 11.5. The predicted molar refractivity (Wildman–Crippen MR) is 56.1 cm³/mol. The number of amides is 1. The Hall–Kier alpha value is -1.36. The van der Waals surface area contributed by atoms with E-state index in [0.29, 0.717) is 0 Å². The van der Waals surface area contributed by atoms with E-state index in [1.807, 2.05) is 22.7 Å². The zero-order chi connectivity index (χ0) is 10.8. The lowest BCUT2D eigenvalue weighted by Gasteiger charge is -2.15. The average Bonchev–Trinajstić information content (AvgIpc) is 2.74. The Labute approximate surface area is 88.8 Å². The number of nitrogens with zero attached hydrogens (tertiary/aromatic N) is 3. The fourth-order valence-corrected chi connectivity index (χ4v) is 1.88. The monoisotopic (exact) mass is 208 g/mol. The second-order valence-electron chi connectivity index (χ2n) is 3.92. The van der Waals surface area contributed by atoms with Gasteiger partial charge in [-0.3, -0.25) is 9.48 Å². The fraction of sp³-hybridized carbons (Fsp3) is 0.600. The van der Waals surface area contributed by atoms with Crippen molar-refractivity contribution in [2.75, 3.05) is 13.1 Å². The average molecular weight is 208 g/mol. The van der Waals surface area contributed by atoms with Gasteiger partial charge in [0.1, 0.15) is 0 Å². The highest BCUT2D eigenvalue weighted by Gasteiger charge is 2.27. The molecule has 0 aliphatic carbocycles. The van der Waals surface area contributed by atoms with E-state index in [2.05, 4.69) is 5.10 Å². The predicted octanol–water partition coefficient (Wildman–Crippen LogP) is -0.478. The van der Waals surface area contributed by atoms with Crippen molar-refractivity contribution in [1.82, 2.24) is 14.7 Å². The summed E-state index contributed by atoms with van der Waals surface area (Å²) in [7, 11) is 1.91. The highest BCUT2D eigenvalue weighted by atomic mass is 16.2. The summed E-state index contributed by atoms with van der Waals surface area (Å²) in [6, 6.07) is 1.69. The van der Waals surface area contributed by atoms with E-state index in [4.69, 9.17) is 5.73 Å². The van der Waals surface area contributed by atoms with Crippen molar-refractivity contribution in [1.29, 1.82) is 0 Å². The quantitative estimate of drug-likeness (QED) is 0.730. The molecular formula is C10H16N4O. The molecule has 1 aliphatic rings. The van der Waals surface area contributed by atoms with Crippen molar-refractivity contribution >= 4 is 5.91 Å². The van der Waals surface area contributed by atoms with Gasteiger partial charge < -0.3 is 10.6 Å². The smallest absolute Gasteiger partial charge is 0.239 e. The van der Waals surface area contributed by atoms with Gasteiger partial charge in [0.15, 0.2) is 0 Å². The second-order valence-corrected chi connectivity index (χ2v) is 3.92. The number of carbonyl (C=O) groups excluding carboxylic acids is 1. The van der Waals surface area contributed by atoms with Crippen LogP contribution in [0.1, 0.15) is 12.1 Å². The maximum Gasteiger partial charge on any atom is 0.239 e. The fourth-order valence-electron chi connectivity index (χ4n) is 1.88. The van der Waals surface area contributed by atoms with Crippen molar-refractivity contribution in [2.45, 2.75) is 18.9 Å². The third-order valence-corrected chi connectivity index (χ3v) is 2.90. The van der Waals surface area contributed by atoms with Gasteiger partial charge >= 0.3 is 0 Å². The van der Waals surface area contributed by atoms with Crippen LogP contribution in [0.3, 0.4) is 0 Å². The summed E-state index contributed by atoms with van der Waals surface area (Å²) in [6.45, 7) is 1.53. The van der Waals surface area contributed by atoms with Crippen LogP contribution in [-0.2, 0) is 18.3 Å². The first-order chi connectivity index (χ1) is 7.18. The van der Waals surface area contributed by atoms with Crippen molar-refractivity contribution in [3.63, 3.8) is 0 Å². The van der Waals surface area contributed by atoms with Gasteiger partial charge in [0.05, 0.1) is 6.04 Å². The first-order valence-corrected chi connectivity index (χ1v) is 5.20. The molecule has 1 aliphatic heterocycles. The number of hydrogen-bond donors (Lipinski definition) is 1.